The minimum absolute atomic E-state index is 0.118. The third kappa shape index (κ3) is 20.6. The molecule has 37 heteroatoms. The number of carbonyl (C=O) groups is 8. The molecule has 0 aromatic heterocycles. The normalized spacial score (nSPS) is 25.1. The molecule has 2 saturated heterocycles. The van der Waals surface area contributed by atoms with Gasteiger partial charge in [-0.15, -0.1) is 0 Å². The molecule has 33 nitrogen and oxygen atoms in total. The topological polar surface area (TPSA) is 509 Å². The van der Waals surface area contributed by atoms with Crippen LogP contribution in [0.5, 0.6) is 46.0 Å². The molecule has 7 heterocycles. The fourth-order valence-electron chi connectivity index (χ4n) is 17.2. The molecule has 9 unspecified atom stereocenters. The van der Waals surface area contributed by atoms with Crippen molar-refractivity contribution >= 4 is 105 Å². The van der Waals surface area contributed by atoms with Gasteiger partial charge in [-0.05, 0) is 139 Å². The summed E-state index contributed by atoms with van der Waals surface area (Å²) < 4.78 is 47.5. The molecule has 7 aliphatic heterocycles. The first-order valence-corrected chi connectivity index (χ1v) is 45.8. The van der Waals surface area contributed by atoms with Gasteiger partial charge in [0.1, 0.15) is 89.5 Å². The van der Waals surface area contributed by atoms with Crippen molar-refractivity contribution in [2.24, 2.45) is 16.4 Å². The third-order valence-corrected chi connectivity index (χ3v) is 28.8. The number of hydrogen-bond donors (Lipinski definition) is 18. The molecule has 700 valence electrons. The molecule has 19 N–H and O–H groups in total. The summed E-state index contributed by atoms with van der Waals surface area (Å²) in [5, 5.41) is 133. The van der Waals surface area contributed by atoms with E-state index in [9.17, 15) is 60.3 Å². The number of carbonyl (C=O) groups excluding carboxylic acids is 7. The Balaban J connectivity index is 0.941. The van der Waals surface area contributed by atoms with Crippen molar-refractivity contribution in [2.45, 2.75) is 163 Å². The number of aliphatic carboxylic acids is 1. The maximum atomic E-state index is 16.6. The number of halogens is 3. The fraction of sp³-hybridized carbons (Fsp3) is 0.299. The molecular formula is C97H98Cl3N10O23P. The first-order valence-electron chi connectivity index (χ1n) is 43.0. The van der Waals surface area contributed by atoms with E-state index in [1.54, 1.807) is 26.0 Å². The number of aliphatic hydroxyl groups is 5. The molecule has 0 radical (unpaired) electrons. The van der Waals surface area contributed by atoms with E-state index in [4.69, 9.17) is 73.7 Å². The number of primary amides is 1. The lowest BCUT2D eigenvalue weighted by Crippen LogP contribution is -2.65. The van der Waals surface area contributed by atoms with Gasteiger partial charge in [-0.25, -0.2) is 4.79 Å². The van der Waals surface area contributed by atoms with Crippen LogP contribution in [-0.4, -0.2) is 186 Å². The Labute approximate surface area is 783 Å². The van der Waals surface area contributed by atoms with Gasteiger partial charge in [-0.2, -0.15) is 0 Å². The van der Waals surface area contributed by atoms with E-state index in [-0.39, 0.29) is 58.5 Å². The van der Waals surface area contributed by atoms with E-state index in [0.29, 0.717) is 5.02 Å². The highest BCUT2D eigenvalue weighted by molar-refractivity contribution is 7.87. The Morgan fingerprint density at radius 3 is 1.73 bits per heavy atom. The minimum atomic E-state index is -3.21. The Bertz CT molecular complexity index is 6060. The van der Waals surface area contributed by atoms with Crippen LogP contribution < -0.4 is 78.4 Å². The zero-order valence-electron chi connectivity index (χ0n) is 72.6. The average molecular weight is 1910 g/mol. The SMILES string of the molecule is CN[C@H](CC(C)C)C(=O)N[C@H]1C(=O)N[C@@H](CC(N)=O)C(=O)N[C@H]2C(=O)N[C@H]3C(=O)N[C@H](C(=O)N[C@@H](C(=O)O)c4cc(O)cc(O)c4-c4cc3ccc4O)[C@H](O)c3ccc(c(Cl)c3)Oc3cc2cc(c3OC2OC(CN=P(c3ccccc3)(c3ccccc3)c3ccccc3)C(O)C(O)C2OC2CC(C)(NCc3ccc(-c4ccc(Cl)cc4)cc3)C(O)C(C)O2)Oc2ccc(cc2Cl)[C@H]1O. The number of likely N-dealkylation sites (N-methyl/N-ethyl adjacent to an activating group) is 1. The molecule has 11 bridgehead atoms. The second kappa shape index (κ2) is 40.7. The van der Waals surface area contributed by atoms with Crippen LogP contribution in [0, 0.1) is 5.92 Å². The Morgan fingerprint density at radius 1 is 0.604 bits per heavy atom. The summed E-state index contributed by atoms with van der Waals surface area (Å²) >= 11 is 20.9. The van der Waals surface area contributed by atoms with Crippen LogP contribution >= 0.6 is 41.9 Å². The smallest absolute Gasteiger partial charge is 0.330 e. The van der Waals surface area contributed by atoms with Crippen LogP contribution in [-0.2, 0) is 59.1 Å². The van der Waals surface area contributed by atoms with Gasteiger partial charge in [-0.1, -0.05) is 194 Å². The molecule has 0 spiro atoms. The van der Waals surface area contributed by atoms with Crippen molar-refractivity contribution in [3.8, 4) is 68.2 Å². The molecule has 10 aromatic rings. The average Bonchev–Trinajstić information content (AvgIpc) is 0.755. The number of aliphatic hydroxyl groups excluding tert-OH is 5. The van der Waals surface area contributed by atoms with Crippen molar-refractivity contribution in [1.29, 1.82) is 0 Å². The first kappa shape index (κ1) is 96.0. The van der Waals surface area contributed by atoms with Crippen LogP contribution in [0.3, 0.4) is 0 Å². The van der Waals surface area contributed by atoms with Crippen LogP contribution in [0.2, 0.25) is 15.1 Å². The highest BCUT2D eigenvalue weighted by Gasteiger charge is 2.53. The number of nitrogens with one attached hydrogen (secondary N) is 8. The maximum Gasteiger partial charge on any atom is 0.330 e. The Hall–Kier alpha value is -12.5. The number of rotatable bonds is 21. The van der Waals surface area contributed by atoms with Gasteiger partial charge in [0.05, 0.1) is 48.3 Å². The monoisotopic (exact) mass is 1910 g/mol. The van der Waals surface area contributed by atoms with Crippen LogP contribution in [0.1, 0.15) is 111 Å². The number of benzene rings is 10. The molecule has 7 aliphatic rings. The van der Waals surface area contributed by atoms with E-state index in [1.807, 2.05) is 141 Å². The lowest BCUT2D eigenvalue weighted by Gasteiger charge is -2.48. The maximum absolute atomic E-state index is 16.6. The number of phenolic OH excluding ortho intramolecular Hbond substituents is 3. The van der Waals surface area contributed by atoms with Gasteiger partial charge in [0, 0.05) is 62.2 Å². The van der Waals surface area contributed by atoms with Gasteiger partial charge in [-0.3, -0.25) is 38.3 Å². The second-order valence-electron chi connectivity index (χ2n) is 34.0. The number of amides is 7. The van der Waals surface area contributed by atoms with E-state index in [0.717, 1.165) is 81.1 Å². The molecule has 7 amide bonds. The van der Waals surface area contributed by atoms with Crippen molar-refractivity contribution in [3.05, 3.63) is 267 Å². The number of phenols is 3. The number of nitrogens with zero attached hydrogens (tertiary/aromatic N) is 1. The fourth-order valence-corrected chi connectivity index (χ4v) is 21.4. The van der Waals surface area contributed by atoms with E-state index in [2.05, 4.69) is 42.5 Å². The molecule has 2 fully saturated rings. The number of carboxylic acids is 1. The van der Waals surface area contributed by atoms with Crippen molar-refractivity contribution < 1.29 is 113 Å². The van der Waals surface area contributed by atoms with E-state index < -0.39 is 238 Å². The second-order valence-corrected chi connectivity index (χ2v) is 38.3. The summed E-state index contributed by atoms with van der Waals surface area (Å²) in [5.74, 6) is -15.9. The minimum Gasteiger partial charge on any atom is -0.508 e. The molecule has 0 aliphatic carbocycles. The van der Waals surface area contributed by atoms with E-state index in [1.165, 1.54) is 37.4 Å². The quantitative estimate of drug-likeness (QED) is 0.0300. The van der Waals surface area contributed by atoms with Crippen molar-refractivity contribution in [1.82, 2.24) is 42.5 Å². The third-order valence-electron chi connectivity index (χ3n) is 24.2. The van der Waals surface area contributed by atoms with Crippen LogP contribution in [0.4, 0.5) is 0 Å². The van der Waals surface area contributed by atoms with Crippen LogP contribution in [0.15, 0.2) is 223 Å². The first-order chi connectivity index (χ1) is 64.1. The van der Waals surface area contributed by atoms with Gasteiger partial charge in [0.25, 0.3) is 0 Å². The summed E-state index contributed by atoms with van der Waals surface area (Å²) in [5.41, 5.74) is 4.43. The summed E-state index contributed by atoms with van der Waals surface area (Å²) in [6, 6.07) is 43.1. The zero-order chi connectivity index (χ0) is 95.5. The van der Waals surface area contributed by atoms with Crippen molar-refractivity contribution in [2.75, 3.05) is 13.6 Å². The lowest BCUT2D eigenvalue weighted by molar-refractivity contribution is -0.331. The van der Waals surface area contributed by atoms with Gasteiger partial charge < -0.3 is 123 Å². The summed E-state index contributed by atoms with van der Waals surface area (Å²) in [6.07, 6.45) is -18.7. The van der Waals surface area contributed by atoms with Crippen molar-refractivity contribution in [3.63, 3.8) is 0 Å². The molecule has 0 saturated carbocycles. The molecular weight excluding hydrogens is 1810 g/mol. The standard InChI is InChI=1S/C97H98Cl3N10O23P/c1-47(2)35-65(102-5)89(120)109-80-82(115)53-28-33-69(63(99)37-53)129-71-39-55-40-72(130-70-34-29-54(38-64(70)100)83(116)81-94(125)108-79(95(126)127)62-41-57(111)42-68(113)76(62)61-36-52(27-32-67(61)112)77(91(122)110-81)107-92(123)78(55)106-90(121)66(43-74(101)114)105-93(80)124)86(71)133-96-87(132-75-44-97(4,88(119)48(3)128-75)103-45-49-21-23-50(24-22-49)51-25-30-56(98)31-26-51)85(118)84(117)73(131-96)46-104-134(58-15-9-6-10-16-58,59-17-11-7-12-18-59)60-19-13-8-14-20-60/h6-34,36-42,47-48,65-66,73,75,77-85,87-88,96,102-103,111-113,115-119H,35,43-46H2,1-5H3,(H2,101,114)(H,105,124)(H,106,121)(H,107,123)(H,108,125)(H,109,120)(H,110,122)(H,126,127)/t48?,65-,66+,73?,75?,77-,78-,79-,80-,81+,82-,83-,84?,85?,87?,88?,96?,97?/m1/s1. The summed E-state index contributed by atoms with van der Waals surface area (Å²) in [7, 11) is -1.73. The van der Waals surface area contributed by atoms with Crippen LogP contribution in [0.25, 0.3) is 22.3 Å². The number of ether oxygens (including phenoxy) is 6. The number of carboxylic acid groups (broad SMARTS) is 1. The highest BCUT2D eigenvalue weighted by Crippen LogP contribution is 2.52. The number of nitrogens with two attached hydrogens (primary N) is 1. The van der Waals surface area contributed by atoms with Gasteiger partial charge in [0.15, 0.2) is 29.9 Å². The molecule has 134 heavy (non-hydrogen) atoms. The summed E-state index contributed by atoms with van der Waals surface area (Å²) in [6.45, 7) is 6.80. The number of aromatic hydroxyl groups is 3. The highest BCUT2D eigenvalue weighted by atomic mass is 35.5. The predicted molar refractivity (Wildman–Crippen MR) is 494 cm³/mol. The van der Waals surface area contributed by atoms with Gasteiger partial charge >= 0.3 is 5.97 Å². The van der Waals surface area contributed by atoms with E-state index >= 15 is 24.0 Å². The number of fused-ring (bicyclic) bond motifs is 15. The number of hydrogen-bond acceptors (Lipinski definition) is 25. The Morgan fingerprint density at radius 2 is 1.16 bits per heavy atom. The predicted octanol–water partition coefficient (Wildman–Crippen LogP) is 8.44. The molecule has 18 atom stereocenters. The molecule has 10 aromatic carbocycles. The van der Waals surface area contributed by atoms with Gasteiger partial charge in [0.2, 0.25) is 53.4 Å². The largest absolute Gasteiger partial charge is 0.508 e. The lowest BCUT2D eigenvalue weighted by atomic mass is 9.84. The Kier molecular flexibility index (Phi) is 29.2. The zero-order valence-corrected chi connectivity index (χ0v) is 75.7. The summed E-state index contributed by atoms with van der Waals surface area (Å²) in [4.78, 5) is 120. The molecule has 17 rings (SSSR count).